The van der Waals surface area contributed by atoms with Gasteiger partial charge in [0.2, 0.25) is 5.91 Å². The number of benzene rings is 1. The Kier molecular flexibility index (Phi) is 7.73. The predicted molar refractivity (Wildman–Crippen MR) is 93.3 cm³/mol. The van der Waals surface area contributed by atoms with Crippen LogP contribution in [0.2, 0.25) is 0 Å². The first-order chi connectivity index (χ1) is 12.1. The average molecular weight is 349 g/mol. The van der Waals surface area contributed by atoms with E-state index in [1.54, 1.807) is 6.92 Å². The highest BCUT2D eigenvalue weighted by Gasteiger charge is 2.21. The molecule has 2 rings (SSSR count). The van der Waals surface area contributed by atoms with Crippen LogP contribution in [0.1, 0.15) is 44.6 Å². The molecule has 1 aliphatic carbocycles. The normalized spacial score (nSPS) is 15.6. The van der Waals surface area contributed by atoms with Gasteiger partial charge in [-0.05, 0) is 56.7 Å². The second-order valence-corrected chi connectivity index (χ2v) is 6.23. The number of hydrogen-bond donors (Lipinski definition) is 2. The fourth-order valence-corrected chi connectivity index (χ4v) is 2.92. The topological polar surface area (TPSA) is 84.9 Å². The second-order valence-electron chi connectivity index (χ2n) is 6.23. The van der Waals surface area contributed by atoms with E-state index in [0.717, 1.165) is 24.2 Å². The molecule has 1 atom stereocenters. The molecule has 6 heteroatoms. The van der Waals surface area contributed by atoms with Gasteiger partial charge in [0, 0.05) is 6.42 Å². The molecule has 0 bridgehead atoms. The lowest BCUT2D eigenvalue weighted by Gasteiger charge is -2.15. The third kappa shape index (κ3) is 6.38. The molecule has 138 valence electrons. The van der Waals surface area contributed by atoms with Crippen molar-refractivity contribution < 1.29 is 24.2 Å². The number of esters is 1. The quantitative estimate of drug-likeness (QED) is 0.666. The molecule has 1 aliphatic rings. The van der Waals surface area contributed by atoms with Crippen molar-refractivity contribution in [1.29, 1.82) is 0 Å². The Morgan fingerprint density at radius 1 is 1.32 bits per heavy atom. The van der Waals surface area contributed by atoms with Crippen molar-refractivity contribution in [2.24, 2.45) is 0 Å². The van der Waals surface area contributed by atoms with Crippen LogP contribution in [0, 0.1) is 0 Å². The molecule has 0 radical (unpaired) electrons. The van der Waals surface area contributed by atoms with Crippen LogP contribution in [0.5, 0.6) is 5.75 Å². The summed E-state index contributed by atoms with van der Waals surface area (Å²) < 4.78 is 10.8. The van der Waals surface area contributed by atoms with Gasteiger partial charge >= 0.3 is 5.97 Å². The standard InChI is InChI=1S/C19H27NO5/c1-2-24-19(23)17(13-21)20-18(22)11-10-14-6-5-9-16(12-14)25-15-7-3-4-8-15/h5-6,9,12,15,17,21H,2-4,7-8,10-11,13H2,1H3,(H,20,22)/t17-/m0/s1. The molecule has 2 N–H and O–H groups in total. The van der Waals surface area contributed by atoms with Gasteiger partial charge in [-0.15, -0.1) is 0 Å². The summed E-state index contributed by atoms with van der Waals surface area (Å²) in [5.41, 5.74) is 1.00. The lowest BCUT2D eigenvalue weighted by Crippen LogP contribution is -2.44. The number of nitrogens with one attached hydrogen (secondary N) is 1. The van der Waals surface area contributed by atoms with E-state index in [1.165, 1.54) is 12.8 Å². The molecule has 1 amide bonds. The van der Waals surface area contributed by atoms with E-state index in [-0.39, 0.29) is 18.9 Å². The molecule has 1 aromatic rings. The molecule has 0 unspecified atom stereocenters. The summed E-state index contributed by atoms with van der Waals surface area (Å²) in [7, 11) is 0. The second kappa shape index (κ2) is 10.0. The number of aliphatic hydroxyl groups excluding tert-OH is 1. The Hall–Kier alpha value is -2.08. The molecule has 0 saturated heterocycles. The van der Waals surface area contributed by atoms with Gasteiger partial charge in [0.15, 0.2) is 6.04 Å². The van der Waals surface area contributed by atoms with Gasteiger partial charge in [-0.3, -0.25) is 4.79 Å². The maximum Gasteiger partial charge on any atom is 0.331 e. The molecule has 25 heavy (non-hydrogen) atoms. The number of rotatable bonds is 9. The first-order valence-electron chi connectivity index (χ1n) is 8.94. The third-order valence-electron chi connectivity index (χ3n) is 4.23. The summed E-state index contributed by atoms with van der Waals surface area (Å²) >= 11 is 0. The van der Waals surface area contributed by atoms with Crippen molar-refractivity contribution in [3.05, 3.63) is 29.8 Å². The van der Waals surface area contributed by atoms with Crippen LogP contribution in [0.15, 0.2) is 24.3 Å². The van der Waals surface area contributed by atoms with Gasteiger partial charge in [0.1, 0.15) is 5.75 Å². The smallest absolute Gasteiger partial charge is 0.331 e. The molecular weight excluding hydrogens is 322 g/mol. The minimum Gasteiger partial charge on any atom is -0.490 e. The lowest BCUT2D eigenvalue weighted by atomic mass is 10.1. The number of carbonyl (C=O) groups is 2. The fraction of sp³-hybridized carbons (Fsp3) is 0.579. The lowest BCUT2D eigenvalue weighted by molar-refractivity contribution is -0.148. The summed E-state index contributed by atoms with van der Waals surface area (Å²) in [4.78, 5) is 23.6. The zero-order valence-electron chi connectivity index (χ0n) is 14.7. The number of aliphatic hydroxyl groups is 1. The number of carbonyl (C=O) groups excluding carboxylic acids is 2. The summed E-state index contributed by atoms with van der Waals surface area (Å²) in [6, 6.07) is 6.76. The minimum absolute atomic E-state index is 0.207. The molecule has 0 spiro atoms. The number of aryl methyl sites for hydroxylation is 1. The number of amides is 1. The maximum atomic E-state index is 12.0. The van der Waals surface area contributed by atoms with Crippen LogP contribution in [0.3, 0.4) is 0 Å². The summed E-state index contributed by atoms with van der Waals surface area (Å²) in [6.07, 6.45) is 5.70. The minimum atomic E-state index is -1.01. The van der Waals surface area contributed by atoms with Crippen LogP contribution in [-0.2, 0) is 20.7 Å². The van der Waals surface area contributed by atoms with Crippen LogP contribution in [0.25, 0.3) is 0 Å². The van der Waals surface area contributed by atoms with E-state index < -0.39 is 18.6 Å². The fourth-order valence-electron chi connectivity index (χ4n) is 2.92. The van der Waals surface area contributed by atoms with Gasteiger partial charge < -0.3 is 19.9 Å². The van der Waals surface area contributed by atoms with Crippen molar-refractivity contribution >= 4 is 11.9 Å². The van der Waals surface area contributed by atoms with Crippen molar-refractivity contribution in [2.75, 3.05) is 13.2 Å². The number of hydrogen-bond acceptors (Lipinski definition) is 5. The molecule has 1 aromatic carbocycles. The van der Waals surface area contributed by atoms with E-state index in [9.17, 15) is 14.7 Å². The van der Waals surface area contributed by atoms with Crippen molar-refractivity contribution in [3.8, 4) is 5.75 Å². The van der Waals surface area contributed by atoms with E-state index in [0.29, 0.717) is 12.5 Å². The Bertz CT molecular complexity index is 569. The van der Waals surface area contributed by atoms with E-state index in [2.05, 4.69) is 5.32 Å². The van der Waals surface area contributed by atoms with Gasteiger partial charge in [-0.25, -0.2) is 4.79 Å². The van der Waals surface area contributed by atoms with E-state index >= 15 is 0 Å². The average Bonchev–Trinajstić information content (AvgIpc) is 3.11. The van der Waals surface area contributed by atoms with Crippen LogP contribution < -0.4 is 10.1 Å². The monoisotopic (exact) mass is 349 g/mol. The van der Waals surface area contributed by atoms with Crippen molar-refractivity contribution in [2.45, 2.75) is 57.6 Å². The summed E-state index contributed by atoms with van der Waals surface area (Å²) in [5.74, 6) is -0.0795. The Balaban J connectivity index is 1.81. The number of ether oxygens (including phenoxy) is 2. The summed E-state index contributed by atoms with van der Waals surface area (Å²) in [5, 5.41) is 11.7. The maximum absolute atomic E-state index is 12.0. The molecular formula is C19H27NO5. The summed E-state index contributed by atoms with van der Waals surface area (Å²) in [6.45, 7) is 1.41. The third-order valence-corrected chi connectivity index (χ3v) is 4.23. The molecule has 6 nitrogen and oxygen atoms in total. The predicted octanol–water partition coefficient (Wildman–Crippen LogP) is 1.98. The molecule has 0 aromatic heterocycles. The molecule has 0 aliphatic heterocycles. The molecule has 1 saturated carbocycles. The van der Waals surface area contributed by atoms with Crippen molar-refractivity contribution in [1.82, 2.24) is 5.32 Å². The van der Waals surface area contributed by atoms with E-state index in [1.807, 2.05) is 24.3 Å². The van der Waals surface area contributed by atoms with Gasteiger partial charge in [0.05, 0.1) is 19.3 Å². The van der Waals surface area contributed by atoms with Gasteiger partial charge in [0.25, 0.3) is 0 Å². The Morgan fingerprint density at radius 3 is 2.76 bits per heavy atom. The highest BCUT2D eigenvalue weighted by Crippen LogP contribution is 2.24. The highest BCUT2D eigenvalue weighted by atomic mass is 16.5. The van der Waals surface area contributed by atoms with Crippen LogP contribution in [-0.4, -0.2) is 42.3 Å². The van der Waals surface area contributed by atoms with Crippen molar-refractivity contribution in [3.63, 3.8) is 0 Å². The largest absolute Gasteiger partial charge is 0.490 e. The SMILES string of the molecule is CCOC(=O)[C@H](CO)NC(=O)CCc1cccc(OC2CCCC2)c1. The van der Waals surface area contributed by atoms with E-state index in [4.69, 9.17) is 9.47 Å². The zero-order valence-corrected chi connectivity index (χ0v) is 14.7. The first-order valence-corrected chi connectivity index (χ1v) is 8.94. The molecule has 1 fully saturated rings. The van der Waals surface area contributed by atoms with Gasteiger partial charge in [-0.1, -0.05) is 12.1 Å². The Labute approximate surface area is 148 Å². The van der Waals surface area contributed by atoms with Gasteiger partial charge in [-0.2, -0.15) is 0 Å². The highest BCUT2D eigenvalue weighted by molar-refractivity contribution is 5.84. The van der Waals surface area contributed by atoms with Crippen LogP contribution in [0.4, 0.5) is 0 Å². The van der Waals surface area contributed by atoms with Crippen LogP contribution >= 0.6 is 0 Å². The Morgan fingerprint density at radius 2 is 2.08 bits per heavy atom. The first kappa shape index (κ1) is 19.2. The zero-order chi connectivity index (χ0) is 18.1. The molecule has 0 heterocycles.